The molecule has 1 aromatic rings. The van der Waals surface area contributed by atoms with Gasteiger partial charge in [-0.05, 0) is 32.6 Å². The van der Waals surface area contributed by atoms with E-state index in [1.54, 1.807) is 25.7 Å². The van der Waals surface area contributed by atoms with Crippen molar-refractivity contribution in [1.29, 1.82) is 0 Å². The number of hydrogen-bond donors (Lipinski definition) is 1. The Kier molecular flexibility index (Phi) is 4.68. The van der Waals surface area contributed by atoms with E-state index in [0.29, 0.717) is 13.1 Å². The summed E-state index contributed by atoms with van der Waals surface area (Å²) in [5.41, 5.74) is -0.677. The highest BCUT2D eigenvalue weighted by Crippen LogP contribution is 2.54. The highest BCUT2D eigenvalue weighted by atomic mass is 19.1. The topological polar surface area (TPSA) is 79.3 Å². The van der Waals surface area contributed by atoms with Crippen molar-refractivity contribution >= 4 is 23.4 Å². The summed E-state index contributed by atoms with van der Waals surface area (Å²) in [6.07, 6.45) is -1.47. The molecule has 0 spiro atoms. The highest BCUT2D eigenvalue weighted by Gasteiger charge is 2.61. The van der Waals surface area contributed by atoms with Crippen LogP contribution in [0.25, 0.3) is 0 Å². The fraction of sp³-hybridized carbons (Fsp3) is 0.600. The summed E-state index contributed by atoms with van der Waals surface area (Å²) in [5, 5.41) is 9.11. The van der Waals surface area contributed by atoms with Crippen LogP contribution in [0.4, 0.5) is 25.0 Å². The van der Waals surface area contributed by atoms with Crippen molar-refractivity contribution in [3.05, 3.63) is 23.8 Å². The first-order valence-corrected chi connectivity index (χ1v) is 9.65. The Hall–Kier alpha value is -2.42. The van der Waals surface area contributed by atoms with Crippen LogP contribution < -0.4 is 9.80 Å². The minimum Gasteiger partial charge on any atom is -0.460 e. The monoisotopic (exact) mass is 410 g/mol. The fourth-order valence-corrected chi connectivity index (χ4v) is 4.27. The summed E-state index contributed by atoms with van der Waals surface area (Å²) in [6.45, 7) is 5.83. The number of anilines is 2. The molecule has 2 aliphatic heterocycles. The minimum absolute atomic E-state index is 0.0268. The number of aliphatic hydroxyl groups is 1. The molecule has 1 saturated carbocycles. The zero-order valence-corrected chi connectivity index (χ0v) is 16.5. The van der Waals surface area contributed by atoms with Gasteiger partial charge in [-0.15, -0.1) is 0 Å². The molecule has 1 N–H and O–H groups in total. The van der Waals surface area contributed by atoms with Gasteiger partial charge in [0, 0.05) is 25.2 Å². The molecule has 2 heterocycles. The van der Waals surface area contributed by atoms with E-state index in [1.165, 1.54) is 0 Å². The lowest BCUT2D eigenvalue weighted by Gasteiger charge is -2.25. The summed E-state index contributed by atoms with van der Waals surface area (Å²) in [6, 6.07) is 2.18. The van der Waals surface area contributed by atoms with Crippen molar-refractivity contribution in [2.45, 2.75) is 32.5 Å². The van der Waals surface area contributed by atoms with Crippen LogP contribution in [0.2, 0.25) is 0 Å². The standard InChI is InChI=1S/C20H24F2N2O5/c1-20(2,3)29-18(26)16-12-7-23(8-13(12)16)17-14(21)4-10(5-15(17)22)24-6-11(9-25)28-19(24)27/h4-5,11-13,16,25H,6-9H2,1-3H3/t11-,12-,13+,16?/m1/s1. The maximum absolute atomic E-state index is 14.7. The Morgan fingerprint density at radius 2 is 1.79 bits per heavy atom. The van der Waals surface area contributed by atoms with E-state index in [-0.39, 0.29) is 48.2 Å². The van der Waals surface area contributed by atoms with Crippen LogP contribution in [0, 0.1) is 29.4 Å². The van der Waals surface area contributed by atoms with E-state index < -0.39 is 29.4 Å². The minimum atomic E-state index is -0.782. The number of nitrogens with zero attached hydrogens (tertiary/aromatic N) is 2. The SMILES string of the molecule is CC(C)(C)OC(=O)C1[C@H]2CN(c3c(F)cc(N4C[C@H](CO)OC4=O)cc3F)C[C@@H]12. The van der Waals surface area contributed by atoms with Crippen molar-refractivity contribution in [3.8, 4) is 0 Å². The lowest BCUT2D eigenvalue weighted by molar-refractivity contribution is -0.157. The lowest BCUT2D eigenvalue weighted by Crippen LogP contribution is -2.31. The summed E-state index contributed by atoms with van der Waals surface area (Å²) in [7, 11) is 0. The number of carbonyl (C=O) groups is 2. The average molecular weight is 410 g/mol. The van der Waals surface area contributed by atoms with E-state index in [1.807, 2.05) is 0 Å². The molecule has 2 saturated heterocycles. The second-order valence-electron chi connectivity index (χ2n) is 8.85. The van der Waals surface area contributed by atoms with Gasteiger partial charge in [-0.1, -0.05) is 0 Å². The Labute approximate surface area is 167 Å². The molecule has 29 heavy (non-hydrogen) atoms. The molecule has 158 valence electrons. The van der Waals surface area contributed by atoms with Crippen LogP contribution in [0.5, 0.6) is 0 Å². The number of fused-ring (bicyclic) bond motifs is 1. The van der Waals surface area contributed by atoms with Crippen LogP contribution in [-0.4, -0.2) is 55.1 Å². The predicted octanol–water partition coefficient (Wildman–Crippen LogP) is 2.31. The molecule has 3 fully saturated rings. The van der Waals surface area contributed by atoms with Crippen LogP contribution in [0.15, 0.2) is 12.1 Å². The van der Waals surface area contributed by atoms with Gasteiger partial charge in [-0.2, -0.15) is 0 Å². The summed E-state index contributed by atoms with van der Waals surface area (Å²) in [4.78, 5) is 26.8. The first-order valence-electron chi connectivity index (χ1n) is 9.65. The number of piperidine rings is 1. The Morgan fingerprint density at radius 1 is 1.21 bits per heavy atom. The number of cyclic esters (lactones) is 1. The summed E-state index contributed by atoms with van der Waals surface area (Å²) in [5.74, 6) is -1.98. The number of aliphatic hydroxyl groups excluding tert-OH is 1. The summed E-state index contributed by atoms with van der Waals surface area (Å²) >= 11 is 0. The second kappa shape index (κ2) is 6.83. The van der Waals surface area contributed by atoms with Crippen molar-refractivity contribution in [2.24, 2.45) is 17.8 Å². The number of benzene rings is 1. The molecular formula is C20H24F2N2O5. The van der Waals surface area contributed by atoms with E-state index in [9.17, 15) is 18.4 Å². The Morgan fingerprint density at radius 3 is 2.28 bits per heavy atom. The van der Waals surface area contributed by atoms with E-state index in [4.69, 9.17) is 14.6 Å². The van der Waals surface area contributed by atoms with E-state index >= 15 is 0 Å². The molecule has 0 aromatic heterocycles. The molecule has 0 radical (unpaired) electrons. The Balaban J connectivity index is 1.45. The van der Waals surface area contributed by atoms with Gasteiger partial charge in [0.15, 0.2) is 11.6 Å². The van der Waals surface area contributed by atoms with Crippen molar-refractivity contribution in [3.63, 3.8) is 0 Å². The van der Waals surface area contributed by atoms with Gasteiger partial charge in [0.25, 0.3) is 0 Å². The third-order valence-corrected chi connectivity index (χ3v) is 5.58. The number of halogens is 2. The van der Waals surface area contributed by atoms with Gasteiger partial charge >= 0.3 is 12.1 Å². The van der Waals surface area contributed by atoms with E-state index in [0.717, 1.165) is 17.0 Å². The van der Waals surface area contributed by atoms with Gasteiger partial charge in [0.05, 0.1) is 24.8 Å². The van der Waals surface area contributed by atoms with Gasteiger partial charge < -0.3 is 19.5 Å². The molecule has 0 bridgehead atoms. The van der Waals surface area contributed by atoms with Crippen LogP contribution in [-0.2, 0) is 14.3 Å². The molecule has 1 unspecified atom stereocenters. The Bertz CT molecular complexity index is 821. The number of esters is 1. The maximum atomic E-state index is 14.7. The number of carbonyl (C=O) groups excluding carboxylic acids is 2. The summed E-state index contributed by atoms with van der Waals surface area (Å²) < 4.78 is 39.8. The molecule has 1 aromatic carbocycles. The molecule has 7 nitrogen and oxygen atoms in total. The maximum Gasteiger partial charge on any atom is 0.414 e. The third kappa shape index (κ3) is 3.63. The van der Waals surface area contributed by atoms with Crippen LogP contribution in [0.3, 0.4) is 0 Å². The van der Waals surface area contributed by atoms with Crippen molar-refractivity contribution in [2.75, 3.05) is 36.0 Å². The fourth-order valence-electron chi connectivity index (χ4n) is 4.27. The third-order valence-electron chi connectivity index (χ3n) is 5.58. The van der Waals surface area contributed by atoms with Gasteiger partial charge in [0.1, 0.15) is 17.4 Å². The average Bonchev–Trinajstić information content (AvgIpc) is 2.94. The molecule has 1 aliphatic carbocycles. The van der Waals surface area contributed by atoms with Crippen LogP contribution in [0.1, 0.15) is 20.8 Å². The van der Waals surface area contributed by atoms with E-state index in [2.05, 4.69) is 0 Å². The number of rotatable bonds is 4. The quantitative estimate of drug-likeness (QED) is 0.768. The number of hydrogen-bond acceptors (Lipinski definition) is 6. The lowest BCUT2D eigenvalue weighted by atomic mass is 10.1. The van der Waals surface area contributed by atoms with Gasteiger partial charge in [-0.25, -0.2) is 13.6 Å². The van der Waals surface area contributed by atoms with Crippen molar-refractivity contribution < 1.29 is 33.0 Å². The molecule has 4 rings (SSSR count). The first-order chi connectivity index (χ1) is 13.6. The second-order valence-corrected chi connectivity index (χ2v) is 8.85. The zero-order chi connectivity index (χ0) is 21.1. The first kappa shape index (κ1) is 19.9. The normalized spacial score (nSPS) is 28.4. The van der Waals surface area contributed by atoms with Gasteiger partial charge in [-0.3, -0.25) is 9.69 Å². The van der Waals surface area contributed by atoms with Gasteiger partial charge in [0.2, 0.25) is 0 Å². The molecule has 1 amide bonds. The smallest absolute Gasteiger partial charge is 0.414 e. The molecule has 9 heteroatoms. The molecule has 3 aliphatic rings. The molecular weight excluding hydrogens is 386 g/mol. The predicted molar refractivity (Wildman–Crippen MR) is 99.6 cm³/mol. The zero-order valence-electron chi connectivity index (χ0n) is 16.5. The molecule has 4 atom stereocenters. The number of amides is 1. The van der Waals surface area contributed by atoms with Crippen molar-refractivity contribution in [1.82, 2.24) is 0 Å². The van der Waals surface area contributed by atoms with Crippen LogP contribution >= 0.6 is 0 Å². The number of ether oxygens (including phenoxy) is 2. The highest BCUT2D eigenvalue weighted by molar-refractivity contribution is 5.90. The largest absolute Gasteiger partial charge is 0.460 e.